The third-order valence-corrected chi connectivity index (χ3v) is 5.38. The number of aromatic nitrogens is 1. The summed E-state index contributed by atoms with van der Waals surface area (Å²) in [6.07, 6.45) is 2.35. The maximum atomic E-state index is 4.56. The van der Waals surface area contributed by atoms with E-state index in [1.807, 2.05) is 7.05 Å². The Kier molecular flexibility index (Phi) is 6.20. The second-order valence-corrected chi connectivity index (χ2v) is 7.51. The monoisotopic (exact) mass is 323 g/mol. The first-order valence-electron chi connectivity index (χ1n) is 8.13. The molecule has 0 aliphatic carbocycles. The lowest BCUT2D eigenvalue weighted by atomic mass is 10.0. The largest absolute Gasteiger partial charge is 0.354 e. The highest BCUT2D eigenvalue weighted by Crippen LogP contribution is 2.16. The van der Waals surface area contributed by atoms with Gasteiger partial charge in [-0.1, -0.05) is 0 Å². The Morgan fingerprint density at radius 2 is 2.05 bits per heavy atom. The van der Waals surface area contributed by atoms with Crippen molar-refractivity contribution < 1.29 is 0 Å². The van der Waals surface area contributed by atoms with E-state index in [4.69, 9.17) is 0 Å². The number of guanidine groups is 1. The molecule has 1 saturated heterocycles. The summed E-state index contributed by atoms with van der Waals surface area (Å²) in [6.45, 7) is 11.8. The lowest BCUT2D eigenvalue weighted by Crippen LogP contribution is -2.49. The molecule has 1 aliphatic heterocycles. The first-order valence-corrected chi connectivity index (χ1v) is 8.95. The fraction of sp³-hybridized carbons (Fsp3) is 0.750. The minimum absolute atomic E-state index is 0.515. The van der Waals surface area contributed by atoms with Gasteiger partial charge in [-0.15, -0.1) is 11.3 Å². The van der Waals surface area contributed by atoms with Gasteiger partial charge in [0.1, 0.15) is 5.01 Å². The molecule has 0 spiro atoms. The average molecular weight is 324 g/mol. The predicted octanol–water partition coefficient (Wildman–Crippen LogP) is 2.30. The molecule has 0 aromatic carbocycles. The molecule has 0 unspecified atom stereocenters. The summed E-state index contributed by atoms with van der Waals surface area (Å²) in [7, 11) is 1.83. The number of likely N-dealkylation sites (tertiary alicyclic amines) is 1. The lowest BCUT2D eigenvalue weighted by molar-refractivity contribution is 0.167. The van der Waals surface area contributed by atoms with Gasteiger partial charge in [-0.3, -0.25) is 4.99 Å². The molecule has 0 bridgehead atoms. The Hall–Kier alpha value is -1.14. The third kappa shape index (κ3) is 4.68. The van der Waals surface area contributed by atoms with Crippen LogP contribution in [-0.2, 0) is 6.54 Å². The van der Waals surface area contributed by atoms with E-state index >= 15 is 0 Å². The van der Waals surface area contributed by atoms with E-state index in [-0.39, 0.29) is 0 Å². The van der Waals surface area contributed by atoms with E-state index in [1.165, 1.54) is 17.7 Å². The van der Waals surface area contributed by atoms with Crippen molar-refractivity contribution in [3.63, 3.8) is 0 Å². The Balaban J connectivity index is 1.78. The lowest BCUT2D eigenvalue weighted by Gasteiger charge is -2.35. The first kappa shape index (κ1) is 17.2. The van der Waals surface area contributed by atoms with Gasteiger partial charge >= 0.3 is 0 Å². The van der Waals surface area contributed by atoms with Crippen LogP contribution in [0.25, 0.3) is 0 Å². The van der Waals surface area contributed by atoms with Crippen LogP contribution in [-0.4, -0.2) is 48.1 Å². The van der Waals surface area contributed by atoms with Gasteiger partial charge in [0.15, 0.2) is 5.96 Å². The Labute approximate surface area is 138 Å². The van der Waals surface area contributed by atoms with Crippen LogP contribution in [0.15, 0.2) is 4.99 Å². The summed E-state index contributed by atoms with van der Waals surface area (Å²) in [4.78, 5) is 12.7. The fourth-order valence-electron chi connectivity index (χ4n) is 2.72. The molecular formula is C16H29N5S. The summed E-state index contributed by atoms with van der Waals surface area (Å²) in [5, 5.41) is 8.04. The molecule has 0 amide bonds. The van der Waals surface area contributed by atoms with Gasteiger partial charge in [0.2, 0.25) is 0 Å². The van der Waals surface area contributed by atoms with Gasteiger partial charge < -0.3 is 15.5 Å². The molecule has 1 aromatic heterocycles. The zero-order chi connectivity index (χ0) is 16.1. The van der Waals surface area contributed by atoms with Crippen molar-refractivity contribution in [3.8, 4) is 0 Å². The normalized spacial score (nSPS) is 18.0. The van der Waals surface area contributed by atoms with Crippen LogP contribution in [0.2, 0.25) is 0 Å². The van der Waals surface area contributed by atoms with Crippen LogP contribution >= 0.6 is 11.3 Å². The number of nitrogens with one attached hydrogen (secondary N) is 2. The second kappa shape index (κ2) is 7.92. The predicted molar refractivity (Wildman–Crippen MR) is 94.7 cm³/mol. The number of hydrogen-bond acceptors (Lipinski definition) is 4. The molecule has 1 fully saturated rings. The summed E-state index contributed by atoms with van der Waals surface area (Å²) in [6, 6.07) is 1.16. The maximum Gasteiger partial charge on any atom is 0.191 e. The van der Waals surface area contributed by atoms with Crippen molar-refractivity contribution >= 4 is 17.3 Å². The van der Waals surface area contributed by atoms with Crippen LogP contribution in [0.5, 0.6) is 0 Å². The molecule has 2 heterocycles. The highest BCUT2D eigenvalue weighted by atomic mass is 32.1. The molecule has 0 atom stereocenters. The number of aryl methyl sites for hydroxylation is 2. The summed E-state index contributed by atoms with van der Waals surface area (Å²) in [5.74, 6) is 0.883. The van der Waals surface area contributed by atoms with Gasteiger partial charge in [0, 0.05) is 37.1 Å². The van der Waals surface area contributed by atoms with Crippen LogP contribution in [0.3, 0.4) is 0 Å². The molecule has 0 radical (unpaired) electrons. The van der Waals surface area contributed by atoms with E-state index in [2.05, 4.69) is 53.2 Å². The van der Waals surface area contributed by atoms with Crippen molar-refractivity contribution in [1.82, 2.24) is 20.5 Å². The SMILES string of the molecule is CN=C(NCc1nc(C)c(C)s1)NC1CCN(C(C)C)CC1. The highest BCUT2D eigenvalue weighted by Gasteiger charge is 2.21. The number of aliphatic imine (C=N–C) groups is 1. The van der Waals surface area contributed by atoms with Crippen molar-refractivity contribution in [2.75, 3.05) is 20.1 Å². The number of piperidine rings is 1. The van der Waals surface area contributed by atoms with Gasteiger partial charge in [0.25, 0.3) is 0 Å². The maximum absolute atomic E-state index is 4.56. The molecule has 1 aliphatic rings. The third-order valence-electron chi connectivity index (χ3n) is 4.30. The van der Waals surface area contributed by atoms with Gasteiger partial charge in [0.05, 0.1) is 12.2 Å². The molecule has 6 heteroatoms. The Morgan fingerprint density at radius 1 is 1.36 bits per heavy atom. The zero-order valence-electron chi connectivity index (χ0n) is 14.4. The van der Waals surface area contributed by atoms with Gasteiger partial charge in [-0.2, -0.15) is 0 Å². The molecular weight excluding hydrogens is 294 g/mol. The summed E-state index contributed by atoms with van der Waals surface area (Å²) >= 11 is 1.75. The van der Waals surface area contributed by atoms with Crippen LogP contribution in [0, 0.1) is 13.8 Å². The smallest absolute Gasteiger partial charge is 0.191 e. The number of thiazole rings is 1. The molecule has 2 rings (SSSR count). The topological polar surface area (TPSA) is 52.6 Å². The Morgan fingerprint density at radius 3 is 2.55 bits per heavy atom. The molecule has 5 nitrogen and oxygen atoms in total. The van der Waals surface area contributed by atoms with E-state index in [0.29, 0.717) is 12.1 Å². The Bertz CT molecular complexity index is 481. The van der Waals surface area contributed by atoms with Gasteiger partial charge in [-0.25, -0.2) is 4.98 Å². The van der Waals surface area contributed by atoms with Crippen molar-refractivity contribution in [3.05, 3.63) is 15.6 Å². The van der Waals surface area contributed by atoms with E-state index in [0.717, 1.165) is 36.3 Å². The molecule has 124 valence electrons. The number of nitrogens with zero attached hydrogens (tertiary/aromatic N) is 3. The highest BCUT2D eigenvalue weighted by molar-refractivity contribution is 7.11. The second-order valence-electron chi connectivity index (χ2n) is 6.22. The number of rotatable bonds is 4. The van der Waals surface area contributed by atoms with Crippen LogP contribution in [0.4, 0.5) is 0 Å². The molecule has 2 N–H and O–H groups in total. The minimum atomic E-state index is 0.515. The summed E-state index contributed by atoms with van der Waals surface area (Å²) < 4.78 is 0. The zero-order valence-corrected chi connectivity index (χ0v) is 15.3. The standard InChI is InChI=1S/C16H29N5S/c1-11(2)21-8-6-14(7-9-21)20-16(17-5)18-10-15-19-12(3)13(4)22-15/h11,14H,6-10H2,1-5H3,(H2,17,18,20). The molecule has 1 aromatic rings. The van der Waals surface area contributed by atoms with Crippen molar-refractivity contribution in [1.29, 1.82) is 0 Å². The molecule has 0 saturated carbocycles. The minimum Gasteiger partial charge on any atom is -0.354 e. The van der Waals surface area contributed by atoms with Crippen LogP contribution in [0.1, 0.15) is 42.3 Å². The van der Waals surface area contributed by atoms with Crippen LogP contribution < -0.4 is 10.6 Å². The van der Waals surface area contributed by atoms with Crippen molar-refractivity contribution in [2.24, 2.45) is 4.99 Å². The quantitative estimate of drug-likeness (QED) is 0.659. The van der Waals surface area contributed by atoms with Crippen molar-refractivity contribution in [2.45, 2.75) is 59.2 Å². The van der Waals surface area contributed by atoms with E-state index in [1.54, 1.807) is 11.3 Å². The van der Waals surface area contributed by atoms with Gasteiger partial charge in [-0.05, 0) is 40.5 Å². The average Bonchev–Trinajstić information content (AvgIpc) is 2.82. The number of hydrogen-bond donors (Lipinski definition) is 2. The summed E-state index contributed by atoms with van der Waals surface area (Å²) in [5.41, 5.74) is 1.13. The van der Waals surface area contributed by atoms with E-state index < -0.39 is 0 Å². The first-order chi connectivity index (χ1) is 10.5. The fourth-order valence-corrected chi connectivity index (χ4v) is 3.60. The molecule has 22 heavy (non-hydrogen) atoms. The van der Waals surface area contributed by atoms with E-state index in [9.17, 15) is 0 Å².